The highest BCUT2D eigenvalue weighted by Crippen LogP contribution is 2.45. The van der Waals surface area contributed by atoms with E-state index in [1.807, 2.05) is 6.20 Å². The Morgan fingerprint density at radius 1 is 1.56 bits per heavy atom. The first-order chi connectivity index (χ1) is 8.81. The molecule has 2 heterocycles. The van der Waals surface area contributed by atoms with Gasteiger partial charge in [-0.1, -0.05) is 6.92 Å². The van der Waals surface area contributed by atoms with Gasteiger partial charge in [-0.15, -0.1) is 0 Å². The molecule has 1 atom stereocenters. The zero-order valence-corrected chi connectivity index (χ0v) is 11.2. The molecule has 2 aliphatic rings. The lowest BCUT2D eigenvalue weighted by Gasteiger charge is -2.47. The van der Waals surface area contributed by atoms with E-state index in [9.17, 15) is 0 Å². The lowest BCUT2D eigenvalue weighted by atomic mass is 9.74. The minimum atomic E-state index is 0.205. The van der Waals surface area contributed by atoms with Gasteiger partial charge < -0.3 is 10.1 Å². The summed E-state index contributed by atoms with van der Waals surface area (Å²) in [6, 6.07) is 0.537. The quantitative estimate of drug-likeness (QED) is 0.889. The highest BCUT2D eigenvalue weighted by atomic mass is 16.5. The maximum Gasteiger partial charge on any atom is 0.0703 e. The summed E-state index contributed by atoms with van der Waals surface area (Å²) in [4.78, 5) is 0. The van der Waals surface area contributed by atoms with Crippen LogP contribution in [0.15, 0.2) is 12.4 Å². The molecule has 1 saturated heterocycles. The Morgan fingerprint density at radius 3 is 3.17 bits per heavy atom. The molecule has 1 aliphatic carbocycles. The average molecular weight is 249 g/mol. The van der Waals surface area contributed by atoms with Crippen LogP contribution in [0.4, 0.5) is 0 Å². The third kappa shape index (κ3) is 2.31. The van der Waals surface area contributed by atoms with Gasteiger partial charge in [0, 0.05) is 24.9 Å². The molecule has 1 aliphatic heterocycles. The second-order valence-corrected chi connectivity index (χ2v) is 5.64. The Hall–Kier alpha value is -0.870. The van der Waals surface area contributed by atoms with Crippen LogP contribution >= 0.6 is 0 Å². The van der Waals surface area contributed by atoms with E-state index in [4.69, 9.17) is 4.74 Å². The van der Waals surface area contributed by atoms with Gasteiger partial charge in [0.2, 0.25) is 0 Å². The van der Waals surface area contributed by atoms with Gasteiger partial charge in [0.15, 0.2) is 0 Å². The first-order valence-corrected chi connectivity index (χ1v) is 7.19. The van der Waals surface area contributed by atoms with Crippen LogP contribution in [0.1, 0.15) is 50.6 Å². The maximum absolute atomic E-state index is 5.97. The number of hydrogen-bond acceptors (Lipinski definition) is 3. The smallest absolute Gasteiger partial charge is 0.0703 e. The number of ether oxygens (including phenoxy) is 1. The van der Waals surface area contributed by atoms with Crippen molar-refractivity contribution in [3.63, 3.8) is 0 Å². The van der Waals surface area contributed by atoms with Gasteiger partial charge in [0.1, 0.15) is 0 Å². The molecule has 4 nitrogen and oxygen atoms in total. The van der Waals surface area contributed by atoms with Gasteiger partial charge in [-0.25, -0.2) is 0 Å². The van der Waals surface area contributed by atoms with Crippen molar-refractivity contribution in [3.05, 3.63) is 18.0 Å². The molecule has 0 radical (unpaired) electrons. The lowest BCUT2D eigenvalue weighted by Crippen LogP contribution is -2.46. The summed E-state index contributed by atoms with van der Waals surface area (Å²) < 4.78 is 8.13. The first kappa shape index (κ1) is 12.2. The molecule has 1 aromatic rings. The fourth-order valence-electron chi connectivity index (χ4n) is 3.08. The van der Waals surface area contributed by atoms with Gasteiger partial charge >= 0.3 is 0 Å². The van der Waals surface area contributed by atoms with Crippen LogP contribution in [0.2, 0.25) is 0 Å². The van der Waals surface area contributed by atoms with E-state index in [1.54, 1.807) is 0 Å². The molecule has 0 bridgehead atoms. The van der Waals surface area contributed by atoms with Gasteiger partial charge in [0.05, 0.1) is 17.8 Å². The zero-order valence-electron chi connectivity index (χ0n) is 11.2. The maximum atomic E-state index is 5.97. The fraction of sp³-hybridized carbons (Fsp3) is 0.786. The summed E-state index contributed by atoms with van der Waals surface area (Å²) in [5.41, 5.74) is 1.49. The SMILES string of the molecule is CCNCc1cnn(C2CCOC3(CCC3)C2)c1. The van der Waals surface area contributed by atoms with Crippen molar-refractivity contribution in [2.45, 2.75) is 57.2 Å². The van der Waals surface area contributed by atoms with Crippen LogP contribution in [0, 0.1) is 0 Å². The normalized spacial score (nSPS) is 26.2. The second-order valence-electron chi connectivity index (χ2n) is 5.64. The van der Waals surface area contributed by atoms with Crippen LogP contribution in [0.25, 0.3) is 0 Å². The largest absolute Gasteiger partial charge is 0.375 e. The van der Waals surface area contributed by atoms with E-state index in [0.29, 0.717) is 6.04 Å². The topological polar surface area (TPSA) is 39.1 Å². The highest BCUT2D eigenvalue weighted by molar-refractivity contribution is 5.05. The van der Waals surface area contributed by atoms with Crippen molar-refractivity contribution in [1.29, 1.82) is 0 Å². The van der Waals surface area contributed by atoms with Crippen LogP contribution in [-0.4, -0.2) is 28.5 Å². The molecule has 1 saturated carbocycles. The molecular weight excluding hydrogens is 226 g/mol. The van der Waals surface area contributed by atoms with Crippen LogP contribution < -0.4 is 5.32 Å². The fourth-order valence-corrected chi connectivity index (χ4v) is 3.08. The Morgan fingerprint density at radius 2 is 2.44 bits per heavy atom. The Bertz CT molecular complexity index is 397. The number of nitrogens with one attached hydrogen (secondary N) is 1. The van der Waals surface area contributed by atoms with Gasteiger partial charge in [-0.2, -0.15) is 5.10 Å². The van der Waals surface area contributed by atoms with E-state index < -0.39 is 0 Å². The molecule has 1 N–H and O–H groups in total. The van der Waals surface area contributed by atoms with Crippen molar-refractivity contribution in [3.8, 4) is 0 Å². The lowest BCUT2D eigenvalue weighted by molar-refractivity contribution is -0.141. The molecular formula is C14H23N3O. The zero-order chi connectivity index (χ0) is 12.4. The molecule has 0 aromatic carbocycles. The molecule has 0 amide bonds. The van der Waals surface area contributed by atoms with Crippen molar-refractivity contribution in [2.75, 3.05) is 13.2 Å². The summed E-state index contributed by atoms with van der Waals surface area (Å²) >= 11 is 0. The predicted molar refractivity (Wildman–Crippen MR) is 70.4 cm³/mol. The third-order valence-corrected chi connectivity index (χ3v) is 4.34. The summed E-state index contributed by atoms with van der Waals surface area (Å²) in [6.07, 6.45) is 10.3. The number of rotatable bonds is 4. The van der Waals surface area contributed by atoms with E-state index in [-0.39, 0.29) is 5.60 Å². The summed E-state index contributed by atoms with van der Waals surface area (Å²) in [6.45, 7) is 4.95. The van der Waals surface area contributed by atoms with Gasteiger partial charge in [-0.3, -0.25) is 4.68 Å². The number of hydrogen-bond donors (Lipinski definition) is 1. The summed E-state index contributed by atoms with van der Waals surface area (Å²) in [5, 5.41) is 7.88. The highest BCUT2D eigenvalue weighted by Gasteiger charge is 2.43. The van der Waals surface area contributed by atoms with Gasteiger partial charge in [0.25, 0.3) is 0 Å². The van der Waals surface area contributed by atoms with E-state index >= 15 is 0 Å². The van der Waals surface area contributed by atoms with Crippen molar-refractivity contribution in [2.24, 2.45) is 0 Å². The van der Waals surface area contributed by atoms with E-state index in [1.165, 1.54) is 24.8 Å². The average Bonchev–Trinajstić information content (AvgIpc) is 2.83. The number of aromatic nitrogens is 2. The molecule has 4 heteroatoms. The van der Waals surface area contributed by atoms with Crippen molar-refractivity contribution >= 4 is 0 Å². The summed E-state index contributed by atoms with van der Waals surface area (Å²) in [5.74, 6) is 0. The minimum Gasteiger partial charge on any atom is -0.375 e. The van der Waals surface area contributed by atoms with Crippen molar-refractivity contribution in [1.82, 2.24) is 15.1 Å². The molecule has 1 unspecified atom stereocenters. The van der Waals surface area contributed by atoms with Crippen LogP contribution in [-0.2, 0) is 11.3 Å². The third-order valence-electron chi connectivity index (χ3n) is 4.34. The molecule has 1 aromatic heterocycles. The molecule has 2 fully saturated rings. The first-order valence-electron chi connectivity index (χ1n) is 7.19. The van der Waals surface area contributed by atoms with Gasteiger partial charge in [-0.05, 0) is 38.6 Å². The standard InChI is InChI=1S/C14H23N3O/c1-2-15-9-12-10-16-17(11-12)13-4-7-18-14(8-13)5-3-6-14/h10-11,13,15H,2-9H2,1H3. The predicted octanol–water partition coefficient (Wildman–Crippen LogP) is 2.27. The van der Waals surface area contributed by atoms with Crippen molar-refractivity contribution < 1.29 is 4.74 Å². The Balaban J connectivity index is 1.64. The number of nitrogens with zero attached hydrogens (tertiary/aromatic N) is 2. The minimum absolute atomic E-state index is 0.205. The second kappa shape index (κ2) is 5.02. The molecule has 18 heavy (non-hydrogen) atoms. The van der Waals surface area contributed by atoms with E-state index in [0.717, 1.165) is 32.5 Å². The molecule has 3 rings (SSSR count). The Labute approximate surface area is 109 Å². The molecule has 100 valence electrons. The Kier molecular flexibility index (Phi) is 3.39. The van der Waals surface area contributed by atoms with Crippen LogP contribution in [0.5, 0.6) is 0 Å². The molecule has 1 spiro atoms. The summed E-state index contributed by atoms with van der Waals surface area (Å²) in [7, 11) is 0. The van der Waals surface area contributed by atoms with Crippen LogP contribution in [0.3, 0.4) is 0 Å². The van der Waals surface area contributed by atoms with E-state index in [2.05, 4.69) is 28.2 Å². The monoisotopic (exact) mass is 249 g/mol.